The number of fused-ring (bicyclic) bond motifs is 1. The molecule has 0 bridgehead atoms. The zero-order valence-electron chi connectivity index (χ0n) is 9.15. The Bertz CT molecular complexity index is 540. The van der Waals surface area contributed by atoms with Gasteiger partial charge in [-0.2, -0.15) is 0 Å². The van der Waals surface area contributed by atoms with Gasteiger partial charge in [-0.05, 0) is 12.8 Å². The Balaban J connectivity index is 2.01. The van der Waals surface area contributed by atoms with Gasteiger partial charge in [0.2, 0.25) is 0 Å². The molecule has 0 aromatic carbocycles. The van der Waals surface area contributed by atoms with E-state index >= 15 is 0 Å². The molecule has 0 aliphatic carbocycles. The summed E-state index contributed by atoms with van der Waals surface area (Å²) in [6, 6.07) is 0. The van der Waals surface area contributed by atoms with Crippen LogP contribution in [0.5, 0.6) is 0 Å². The van der Waals surface area contributed by atoms with Crippen LogP contribution in [-0.2, 0) is 4.74 Å². The molecular weight excluding hydrogens is 222 g/mol. The number of nitrogen functional groups attached to an aromatic ring is 1. The number of aromatic nitrogens is 4. The smallest absolute Gasteiger partial charge is 0.183 e. The molecule has 90 valence electrons. The van der Waals surface area contributed by atoms with Crippen molar-refractivity contribution in [3.8, 4) is 0 Å². The summed E-state index contributed by atoms with van der Waals surface area (Å²) in [5.41, 5.74) is 7.07. The summed E-state index contributed by atoms with van der Waals surface area (Å²) in [7, 11) is 0. The first-order valence-corrected chi connectivity index (χ1v) is 5.49. The number of nitrogens with two attached hydrogens (primary N) is 1. The molecule has 1 aliphatic heterocycles. The third-order valence-electron chi connectivity index (χ3n) is 2.99. The average Bonchev–Trinajstić information content (AvgIpc) is 2.94. The molecule has 3 rings (SSSR count). The fourth-order valence-corrected chi connectivity index (χ4v) is 2.14. The zero-order chi connectivity index (χ0) is 11.8. The molecular formula is C10H13N5O2. The summed E-state index contributed by atoms with van der Waals surface area (Å²) in [6.45, 7) is 0.0368. The number of aliphatic hydroxyl groups excluding tert-OH is 1. The first-order chi connectivity index (χ1) is 8.29. The monoisotopic (exact) mass is 235 g/mol. The number of nitrogens with zero attached hydrogens (tertiary/aromatic N) is 4. The minimum Gasteiger partial charge on any atom is -0.394 e. The molecule has 0 radical (unpaired) electrons. The van der Waals surface area contributed by atoms with E-state index < -0.39 is 0 Å². The highest BCUT2D eigenvalue weighted by Gasteiger charge is 2.27. The van der Waals surface area contributed by atoms with E-state index in [0.29, 0.717) is 17.0 Å². The molecule has 0 spiro atoms. The predicted molar refractivity (Wildman–Crippen MR) is 60.0 cm³/mol. The zero-order valence-corrected chi connectivity index (χ0v) is 9.15. The SMILES string of the molecule is Nc1ncnc2ncn([C@@H]3CC[C@H](CO)O3)c12. The molecule has 7 nitrogen and oxygen atoms in total. The van der Waals surface area contributed by atoms with E-state index in [1.807, 2.05) is 4.57 Å². The van der Waals surface area contributed by atoms with Crippen LogP contribution in [0.25, 0.3) is 11.2 Å². The van der Waals surface area contributed by atoms with Gasteiger partial charge in [-0.25, -0.2) is 15.0 Å². The summed E-state index contributed by atoms with van der Waals surface area (Å²) in [4.78, 5) is 12.2. The van der Waals surface area contributed by atoms with E-state index in [-0.39, 0.29) is 18.9 Å². The molecule has 7 heteroatoms. The summed E-state index contributed by atoms with van der Waals surface area (Å²) in [5.74, 6) is 0.392. The van der Waals surface area contributed by atoms with Crippen LogP contribution in [0.2, 0.25) is 0 Å². The van der Waals surface area contributed by atoms with Crippen molar-refractivity contribution in [1.29, 1.82) is 0 Å². The maximum Gasteiger partial charge on any atom is 0.183 e. The fraction of sp³-hybridized carbons (Fsp3) is 0.500. The lowest BCUT2D eigenvalue weighted by Gasteiger charge is -2.14. The van der Waals surface area contributed by atoms with Crippen molar-refractivity contribution in [3.05, 3.63) is 12.7 Å². The Labute approximate surface area is 97.3 Å². The van der Waals surface area contributed by atoms with Crippen LogP contribution in [0.4, 0.5) is 5.82 Å². The van der Waals surface area contributed by atoms with Crippen molar-refractivity contribution in [2.45, 2.75) is 25.2 Å². The molecule has 1 saturated heterocycles. The molecule has 2 aromatic heterocycles. The van der Waals surface area contributed by atoms with Gasteiger partial charge in [-0.15, -0.1) is 0 Å². The second-order valence-corrected chi connectivity index (χ2v) is 4.06. The summed E-state index contributed by atoms with van der Waals surface area (Å²) in [5, 5.41) is 9.05. The molecule has 2 atom stereocenters. The van der Waals surface area contributed by atoms with Crippen LogP contribution < -0.4 is 5.73 Å². The molecule has 17 heavy (non-hydrogen) atoms. The van der Waals surface area contributed by atoms with E-state index in [1.165, 1.54) is 6.33 Å². The lowest BCUT2D eigenvalue weighted by atomic mass is 10.2. The molecule has 3 heterocycles. The lowest BCUT2D eigenvalue weighted by molar-refractivity contribution is -0.0204. The van der Waals surface area contributed by atoms with Crippen LogP contribution in [0.15, 0.2) is 12.7 Å². The number of hydrogen-bond acceptors (Lipinski definition) is 6. The number of anilines is 1. The number of ether oxygens (including phenoxy) is 1. The predicted octanol–water partition coefficient (Wildman–Crippen LogP) is 0.0784. The van der Waals surface area contributed by atoms with Gasteiger partial charge in [0.05, 0.1) is 19.0 Å². The highest BCUT2D eigenvalue weighted by molar-refractivity contribution is 5.81. The van der Waals surface area contributed by atoms with E-state index in [4.69, 9.17) is 15.6 Å². The van der Waals surface area contributed by atoms with Gasteiger partial charge in [-0.3, -0.25) is 4.57 Å². The molecule has 0 amide bonds. The van der Waals surface area contributed by atoms with Crippen LogP contribution in [0.3, 0.4) is 0 Å². The third kappa shape index (κ3) is 1.63. The first kappa shape index (κ1) is 10.4. The Morgan fingerprint density at radius 1 is 1.41 bits per heavy atom. The maximum atomic E-state index is 9.05. The Kier molecular flexibility index (Phi) is 2.41. The van der Waals surface area contributed by atoms with E-state index in [9.17, 15) is 0 Å². The van der Waals surface area contributed by atoms with Gasteiger partial charge >= 0.3 is 0 Å². The van der Waals surface area contributed by atoms with Gasteiger partial charge in [0, 0.05) is 0 Å². The minimum atomic E-state index is -0.148. The second-order valence-electron chi connectivity index (χ2n) is 4.06. The number of rotatable bonds is 2. The first-order valence-electron chi connectivity index (χ1n) is 5.49. The summed E-state index contributed by atoms with van der Waals surface area (Å²) < 4.78 is 7.51. The number of aliphatic hydroxyl groups is 1. The third-order valence-corrected chi connectivity index (χ3v) is 2.99. The highest BCUT2D eigenvalue weighted by Crippen LogP contribution is 2.31. The van der Waals surface area contributed by atoms with Crippen LogP contribution in [0, 0.1) is 0 Å². The average molecular weight is 235 g/mol. The van der Waals surface area contributed by atoms with E-state index in [2.05, 4.69) is 15.0 Å². The molecule has 0 unspecified atom stereocenters. The Morgan fingerprint density at radius 2 is 2.29 bits per heavy atom. The topological polar surface area (TPSA) is 99.1 Å². The second kappa shape index (κ2) is 3.94. The molecule has 1 aliphatic rings. The van der Waals surface area contributed by atoms with Crippen molar-refractivity contribution in [1.82, 2.24) is 19.5 Å². The molecule has 2 aromatic rings. The van der Waals surface area contributed by atoms with E-state index in [1.54, 1.807) is 6.33 Å². The Morgan fingerprint density at radius 3 is 3.06 bits per heavy atom. The minimum absolute atomic E-state index is 0.0368. The normalized spacial score (nSPS) is 24.5. The van der Waals surface area contributed by atoms with Gasteiger partial charge in [0.1, 0.15) is 18.1 Å². The largest absolute Gasteiger partial charge is 0.394 e. The summed E-state index contributed by atoms with van der Waals surface area (Å²) >= 11 is 0. The standard InChI is InChI=1S/C10H13N5O2/c11-9-8-10(13-4-12-9)14-5-15(8)7-2-1-6(3-16)17-7/h4-7,16H,1-3H2,(H2,11,12,13)/t6-,7+/m1/s1. The molecule has 0 saturated carbocycles. The fourth-order valence-electron chi connectivity index (χ4n) is 2.14. The van der Waals surface area contributed by atoms with Crippen LogP contribution in [-0.4, -0.2) is 37.3 Å². The van der Waals surface area contributed by atoms with Crippen LogP contribution >= 0.6 is 0 Å². The van der Waals surface area contributed by atoms with Crippen LogP contribution in [0.1, 0.15) is 19.1 Å². The van der Waals surface area contributed by atoms with Crippen molar-refractivity contribution in [3.63, 3.8) is 0 Å². The van der Waals surface area contributed by atoms with Gasteiger partial charge < -0.3 is 15.6 Å². The van der Waals surface area contributed by atoms with Crippen molar-refractivity contribution < 1.29 is 9.84 Å². The number of hydrogen-bond donors (Lipinski definition) is 2. The highest BCUT2D eigenvalue weighted by atomic mass is 16.5. The van der Waals surface area contributed by atoms with Gasteiger partial charge in [0.15, 0.2) is 11.5 Å². The van der Waals surface area contributed by atoms with Crippen molar-refractivity contribution in [2.75, 3.05) is 12.3 Å². The van der Waals surface area contributed by atoms with E-state index in [0.717, 1.165) is 12.8 Å². The molecule has 3 N–H and O–H groups in total. The van der Waals surface area contributed by atoms with Crippen molar-refractivity contribution >= 4 is 17.0 Å². The lowest BCUT2D eigenvalue weighted by Crippen LogP contribution is -2.14. The van der Waals surface area contributed by atoms with Gasteiger partial charge in [-0.1, -0.05) is 0 Å². The maximum absolute atomic E-state index is 9.05. The van der Waals surface area contributed by atoms with Gasteiger partial charge in [0.25, 0.3) is 0 Å². The summed E-state index contributed by atoms with van der Waals surface area (Å²) in [6.07, 6.45) is 4.44. The number of imidazole rings is 1. The Hall–Kier alpha value is -1.73. The quantitative estimate of drug-likeness (QED) is 0.764. The van der Waals surface area contributed by atoms with Crippen molar-refractivity contribution in [2.24, 2.45) is 0 Å². The molecule has 1 fully saturated rings.